The molecule has 0 bridgehead atoms. The lowest BCUT2D eigenvalue weighted by Gasteiger charge is -2.14. The Morgan fingerprint density at radius 3 is 1.75 bits per heavy atom. The summed E-state index contributed by atoms with van der Waals surface area (Å²) >= 11 is 0. The molecule has 1 heterocycles. The van der Waals surface area contributed by atoms with Crippen LogP contribution in [0.3, 0.4) is 0 Å². The summed E-state index contributed by atoms with van der Waals surface area (Å²) in [6.07, 6.45) is 0. The van der Waals surface area contributed by atoms with Gasteiger partial charge in [-0.15, -0.1) is 0 Å². The highest BCUT2D eigenvalue weighted by molar-refractivity contribution is 6.24. The van der Waals surface area contributed by atoms with E-state index in [0.717, 1.165) is 0 Å². The van der Waals surface area contributed by atoms with Gasteiger partial charge in [0.1, 0.15) is 0 Å². The quantitative estimate of drug-likeness (QED) is 0.241. The SMILES string of the molecule is Cn1c2ccccc2c2cc(-c3cc4ccccc4c4ccccc34)c3ccccc3c21. The van der Waals surface area contributed by atoms with Crippen molar-refractivity contribution in [3.63, 3.8) is 0 Å². The van der Waals surface area contributed by atoms with Crippen LogP contribution in [-0.4, -0.2) is 4.57 Å². The van der Waals surface area contributed by atoms with Crippen LogP contribution >= 0.6 is 0 Å². The molecule has 0 aliphatic rings. The molecule has 0 aliphatic carbocycles. The standard InChI is InChI=1S/C31H21N/c1-32-30-17-9-8-15-25(30)29-19-28(24-14-6-7-16-26(24)31(29)32)27-18-20-10-2-3-11-21(20)22-12-4-5-13-23(22)27/h2-19H,1H3. The van der Waals surface area contributed by atoms with Crippen LogP contribution in [0.4, 0.5) is 0 Å². The van der Waals surface area contributed by atoms with E-state index in [1.807, 2.05) is 0 Å². The predicted molar refractivity (Wildman–Crippen MR) is 138 cm³/mol. The van der Waals surface area contributed by atoms with Crippen molar-refractivity contribution >= 4 is 54.1 Å². The van der Waals surface area contributed by atoms with E-state index in [1.54, 1.807) is 0 Å². The Kier molecular flexibility index (Phi) is 3.54. The molecule has 0 amide bonds. The summed E-state index contributed by atoms with van der Waals surface area (Å²) in [5.74, 6) is 0. The molecule has 7 aromatic rings. The van der Waals surface area contributed by atoms with Crippen LogP contribution in [0.5, 0.6) is 0 Å². The second kappa shape index (κ2) is 6.45. The first-order valence-electron chi connectivity index (χ1n) is 11.1. The summed E-state index contributed by atoms with van der Waals surface area (Å²) < 4.78 is 2.34. The number of benzene rings is 6. The van der Waals surface area contributed by atoms with Crippen LogP contribution in [0, 0.1) is 0 Å². The van der Waals surface area contributed by atoms with Crippen molar-refractivity contribution in [3.8, 4) is 11.1 Å². The molecular formula is C31H21N. The van der Waals surface area contributed by atoms with Crippen LogP contribution in [-0.2, 0) is 7.05 Å². The van der Waals surface area contributed by atoms with Crippen LogP contribution in [0.15, 0.2) is 109 Å². The fourth-order valence-electron chi connectivity index (χ4n) is 5.54. The summed E-state index contributed by atoms with van der Waals surface area (Å²) in [5, 5.41) is 10.4. The van der Waals surface area contributed by atoms with Gasteiger partial charge in [-0.25, -0.2) is 0 Å². The number of aromatic nitrogens is 1. The second-order valence-corrected chi connectivity index (χ2v) is 8.63. The van der Waals surface area contributed by atoms with Gasteiger partial charge in [-0.2, -0.15) is 0 Å². The molecule has 0 radical (unpaired) electrons. The average Bonchev–Trinajstić information content (AvgIpc) is 3.15. The Hall–Kier alpha value is -4.10. The minimum Gasteiger partial charge on any atom is -0.343 e. The molecule has 0 saturated carbocycles. The fraction of sp³-hybridized carbons (Fsp3) is 0.0323. The number of rotatable bonds is 1. The lowest BCUT2D eigenvalue weighted by atomic mass is 9.89. The minimum atomic E-state index is 1.27. The summed E-state index contributed by atoms with van der Waals surface area (Å²) in [7, 11) is 2.18. The summed E-state index contributed by atoms with van der Waals surface area (Å²) in [6.45, 7) is 0. The average molecular weight is 408 g/mol. The topological polar surface area (TPSA) is 4.93 Å². The third-order valence-electron chi connectivity index (χ3n) is 6.97. The third kappa shape index (κ3) is 2.28. The number of para-hydroxylation sites is 1. The molecule has 0 saturated heterocycles. The van der Waals surface area contributed by atoms with Crippen molar-refractivity contribution in [1.29, 1.82) is 0 Å². The number of fused-ring (bicyclic) bond motifs is 8. The maximum Gasteiger partial charge on any atom is 0.0568 e. The number of hydrogen-bond donors (Lipinski definition) is 0. The Bertz CT molecular complexity index is 1840. The molecular weight excluding hydrogens is 386 g/mol. The molecule has 150 valence electrons. The van der Waals surface area contributed by atoms with E-state index in [9.17, 15) is 0 Å². The molecule has 0 spiro atoms. The highest BCUT2D eigenvalue weighted by Gasteiger charge is 2.17. The first-order valence-corrected chi connectivity index (χ1v) is 11.1. The van der Waals surface area contributed by atoms with Crippen molar-refractivity contribution < 1.29 is 0 Å². The van der Waals surface area contributed by atoms with Gasteiger partial charge in [-0.3, -0.25) is 0 Å². The zero-order valence-corrected chi connectivity index (χ0v) is 17.8. The van der Waals surface area contributed by atoms with E-state index in [0.29, 0.717) is 0 Å². The van der Waals surface area contributed by atoms with Crippen molar-refractivity contribution in [3.05, 3.63) is 109 Å². The molecule has 0 fully saturated rings. The van der Waals surface area contributed by atoms with E-state index in [2.05, 4.69) is 121 Å². The van der Waals surface area contributed by atoms with Crippen molar-refractivity contribution in [2.45, 2.75) is 0 Å². The van der Waals surface area contributed by atoms with Gasteiger partial charge in [-0.05, 0) is 56.3 Å². The molecule has 1 heteroatoms. The second-order valence-electron chi connectivity index (χ2n) is 8.63. The summed E-state index contributed by atoms with van der Waals surface area (Å²) in [4.78, 5) is 0. The van der Waals surface area contributed by atoms with Crippen molar-refractivity contribution in [2.24, 2.45) is 7.05 Å². The largest absolute Gasteiger partial charge is 0.343 e. The van der Waals surface area contributed by atoms with E-state index < -0.39 is 0 Å². The third-order valence-corrected chi connectivity index (χ3v) is 6.97. The maximum atomic E-state index is 2.41. The number of nitrogens with zero attached hydrogens (tertiary/aromatic N) is 1. The normalized spacial score (nSPS) is 11.9. The van der Waals surface area contributed by atoms with Gasteiger partial charge in [0.15, 0.2) is 0 Å². The van der Waals surface area contributed by atoms with Gasteiger partial charge >= 0.3 is 0 Å². The van der Waals surface area contributed by atoms with Gasteiger partial charge in [0.05, 0.1) is 5.52 Å². The van der Waals surface area contributed by atoms with Gasteiger partial charge in [0.25, 0.3) is 0 Å². The summed E-state index contributed by atoms with van der Waals surface area (Å²) in [6, 6.07) is 39.9. The highest BCUT2D eigenvalue weighted by Crippen LogP contribution is 2.42. The Morgan fingerprint density at radius 1 is 0.438 bits per heavy atom. The fourth-order valence-corrected chi connectivity index (χ4v) is 5.54. The molecule has 6 aromatic carbocycles. The van der Waals surface area contributed by atoms with Crippen molar-refractivity contribution in [2.75, 3.05) is 0 Å². The first-order chi connectivity index (χ1) is 15.8. The van der Waals surface area contributed by atoms with E-state index >= 15 is 0 Å². The highest BCUT2D eigenvalue weighted by atomic mass is 14.9. The molecule has 0 atom stereocenters. The van der Waals surface area contributed by atoms with Gasteiger partial charge in [0.2, 0.25) is 0 Å². The van der Waals surface area contributed by atoms with E-state index in [-0.39, 0.29) is 0 Å². The number of hydrogen-bond acceptors (Lipinski definition) is 0. The smallest absolute Gasteiger partial charge is 0.0568 e. The van der Waals surface area contributed by atoms with Gasteiger partial charge < -0.3 is 4.57 Å². The Morgan fingerprint density at radius 2 is 0.969 bits per heavy atom. The monoisotopic (exact) mass is 407 g/mol. The van der Waals surface area contributed by atoms with Gasteiger partial charge in [-0.1, -0.05) is 91.0 Å². The zero-order valence-electron chi connectivity index (χ0n) is 17.8. The van der Waals surface area contributed by atoms with Gasteiger partial charge in [0, 0.05) is 28.7 Å². The lowest BCUT2D eigenvalue weighted by molar-refractivity contribution is 1.02. The molecule has 0 unspecified atom stereocenters. The molecule has 1 aromatic heterocycles. The summed E-state index contributed by atoms with van der Waals surface area (Å²) in [5.41, 5.74) is 5.17. The van der Waals surface area contributed by atoms with Crippen LogP contribution in [0.2, 0.25) is 0 Å². The van der Waals surface area contributed by atoms with Crippen LogP contribution < -0.4 is 0 Å². The van der Waals surface area contributed by atoms with E-state index in [1.165, 1.54) is 65.3 Å². The van der Waals surface area contributed by atoms with Crippen molar-refractivity contribution in [1.82, 2.24) is 4.57 Å². The lowest BCUT2D eigenvalue weighted by Crippen LogP contribution is -1.90. The molecule has 1 nitrogen and oxygen atoms in total. The minimum absolute atomic E-state index is 1.27. The Labute approximate surface area is 186 Å². The molecule has 32 heavy (non-hydrogen) atoms. The Balaban J connectivity index is 1.73. The maximum absolute atomic E-state index is 2.41. The number of aryl methyl sites for hydroxylation is 1. The van der Waals surface area contributed by atoms with E-state index in [4.69, 9.17) is 0 Å². The molecule has 0 aliphatic heterocycles. The van der Waals surface area contributed by atoms with Crippen LogP contribution in [0.25, 0.3) is 65.3 Å². The van der Waals surface area contributed by atoms with Crippen LogP contribution in [0.1, 0.15) is 0 Å². The predicted octanol–water partition coefficient (Wildman–Crippen LogP) is 8.46. The zero-order chi connectivity index (χ0) is 21.2. The first kappa shape index (κ1) is 17.6. The molecule has 0 N–H and O–H groups in total. The molecule has 7 rings (SSSR count).